The van der Waals surface area contributed by atoms with Gasteiger partial charge in [-0.15, -0.1) is 24.8 Å². The van der Waals surface area contributed by atoms with Crippen LogP contribution in [0.3, 0.4) is 0 Å². The Morgan fingerprint density at radius 1 is 1.14 bits per heavy atom. The molecule has 0 aromatic heterocycles. The van der Waals surface area contributed by atoms with Gasteiger partial charge in [0.25, 0.3) is 0 Å². The van der Waals surface area contributed by atoms with Crippen LogP contribution in [0.2, 0.25) is 0 Å². The molecule has 8 heteroatoms. The topological polar surface area (TPSA) is 64.7 Å². The molecule has 1 aromatic rings. The molecular weight excluding hydrogens is 399 g/mol. The van der Waals surface area contributed by atoms with E-state index in [1.54, 1.807) is 0 Å². The molecule has 0 bridgehead atoms. The lowest BCUT2D eigenvalue weighted by Crippen LogP contribution is -2.51. The Kier molecular flexibility index (Phi) is 10.2. The van der Waals surface area contributed by atoms with E-state index in [2.05, 4.69) is 15.5 Å². The van der Waals surface area contributed by atoms with Gasteiger partial charge < -0.3 is 15.5 Å². The average Bonchev–Trinajstić information content (AvgIpc) is 3.12. The minimum absolute atomic E-state index is 0. The standard InChI is InChI=1S/C20H30N4O2.2ClH/c1-15-5-3-7-18(16(15)2)22-19(25)14-23-9-11-24(12-10-23)20(26)13-17-6-4-8-21-17;;/h3,5,7,17,21H,4,6,8-14H2,1-2H3,(H,22,25);2*1H. The first-order valence-electron chi connectivity index (χ1n) is 9.62. The van der Waals surface area contributed by atoms with Crippen molar-refractivity contribution in [2.24, 2.45) is 0 Å². The highest BCUT2D eigenvalue weighted by atomic mass is 35.5. The molecule has 0 radical (unpaired) electrons. The largest absolute Gasteiger partial charge is 0.340 e. The van der Waals surface area contributed by atoms with Gasteiger partial charge in [0.15, 0.2) is 0 Å². The molecule has 6 nitrogen and oxygen atoms in total. The summed E-state index contributed by atoms with van der Waals surface area (Å²) in [6.07, 6.45) is 2.87. The molecule has 2 aliphatic rings. The predicted octanol–water partition coefficient (Wildman–Crippen LogP) is 2.37. The lowest BCUT2D eigenvalue weighted by Gasteiger charge is -2.34. The van der Waals surface area contributed by atoms with Crippen LogP contribution in [0.1, 0.15) is 30.4 Å². The SMILES string of the molecule is Cc1cccc(NC(=O)CN2CCN(C(=O)CC3CCCN3)CC2)c1C.Cl.Cl. The van der Waals surface area contributed by atoms with E-state index in [-0.39, 0.29) is 36.6 Å². The van der Waals surface area contributed by atoms with Crippen LogP contribution in [-0.2, 0) is 9.59 Å². The van der Waals surface area contributed by atoms with Gasteiger partial charge in [0.05, 0.1) is 6.54 Å². The third-order valence-electron chi connectivity index (χ3n) is 5.55. The number of aryl methyl sites for hydroxylation is 1. The van der Waals surface area contributed by atoms with Gasteiger partial charge >= 0.3 is 0 Å². The number of amides is 2. The maximum atomic E-state index is 12.4. The number of rotatable bonds is 5. The van der Waals surface area contributed by atoms with Crippen LogP contribution < -0.4 is 10.6 Å². The second-order valence-electron chi connectivity index (χ2n) is 7.45. The number of carbonyl (C=O) groups is 2. The number of carbonyl (C=O) groups excluding carboxylic acids is 2. The van der Waals surface area contributed by atoms with Crippen LogP contribution in [0.5, 0.6) is 0 Å². The molecular formula is C20H32Cl2N4O2. The number of halogens is 2. The van der Waals surface area contributed by atoms with Crippen molar-refractivity contribution in [1.29, 1.82) is 0 Å². The Morgan fingerprint density at radius 2 is 1.86 bits per heavy atom. The molecule has 0 saturated carbocycles. The van der Waals surface area contributed by atoms with Crippen LogP contribution in [0.4, 0.5) is 5.69 Å². The number of hydrogen-bond acceptors (Lipinski definition) is 4. The van der Waals surface area contributed by atoms with E-state index in [1.165, 1.54) is 12.0 Å². The Balaban J connectivity index is 0.00000196. The molecule has 2 amide bonds. The van der Waals surface area contributed by atoms with E-state index in [1.807, 2.05) is 36.9 Å². The first-order valence-corrected chi connectivity index (χ1v) is 9.62. The Labute approximate surface area is 180 Å². The van der Waals surface area contributed by atoms with Crippen molar-refractivity contribution in [3.05, 3.63) is 29.3 Å². The van der Waals surface area contributed by atoms with Gasteiger partial charge in [-0.2, -0.15) is 0 Å². The second-order valence-corrected chi connectivity index (χ2v) is 7.45. The van der Waals surface area contributed by atoms with E-state index in [4.69, 9.17) is 0 Å². The summed E-state index contributed by atoms with van der Waals surface area (Å²) in [6.45, 7) is 8.40. The maximum Gasteiger partial charge on any atom is 0.238 e. The van der Waals surface area contributed by atoms with Crippen molar-refractivity contribution in [3.8, 4) is 0 Å². The van der Waals surface area contributed by atoms with Crippen LogP contribution in [0.15, 0.2) is 18.2 Å². The molecule has 2 saturated heterocycles. The highest BCUT2D eigenvalue weighted by Crippen LogP contribution is 2.18. The molecule has 2 aliphatic heterocycles. The summed E-state index contributed by atoms with van der Waals surface area (Å²) >= 11 is 0. The van der Waals surface area contributed by atoms with E-state index in [0.29, 0.717) is 32.1 Å². The van der Waals surface area contributed by atoms with Crippen LogP contribution in [-0.4, -0.2) is 66.9 Å². The Hall–Kier alpha value is -1.34. The molecule has 2 heterocycles. The fourth-order valence-corrected chi connectivity index (χ4v) is 3.71. The molecule has 1 aromatic carbocycles. The molecule has 1 atom stereocenters. The van der Waals surface area contributed by atoms with E-state index in [0.717, 1.165) is 37.3 Å². The monoisotopic (exact) mass is 430 g/mol. The van der Waals surface area contributed by atoms with Crippen molar-refractivity contribution < 1.29 is 9.59 Å². The highest BCUT2D eigenvalue weighted by Gasteiger charge is 2.25. The summed E-state index contributed by atoms with van der Waals surface area (Å²) in [7, 11) is 0. The van der Waals surface area contributed by atoms with Crippen LogP contribution >= 0.6 is 24.8 Å². The summed E-state index contributed by atoms with van der Waals surface area (Å²) in [5.41, 5.74) is 3.16. The number of benzene rings is 1. The minimum Gasteiger partial charge on any atom is -0.340 e. The zero-order valence-corrected chi connectivity index (χ0v) is 18.3. The quantitative estimate of drug-likeness (QED) is 0.752. The third-order valence-corrected chi connectivity index (χ3v) is 5.55. The smallest absolute Gasteiger partial charge is 0.238 e. The summed E-state index contributed by atoms with van der Waals surface area (Å²) < 4.78 is 0. The number of anilines is 1. The van der Waals surface area contributed by atoms with Crippen LogP contribution in [0, 0.1) is 13.8 Å². The number of nitrogens with one attached hydrogen (secondary N) is 2. The third kappa shape index (κ3) is 6.62. The fourth-order valence-electron chi connectivity index (χ4n) is 3.71. The lowest BCUT2D eigenvalue weighted by atomic mass is 10.1. The molecule has 2 fully saturated rings. The summed E-state index contributed by atoms with van der Waals surface area (Å²) in [4.78, 5) is 28.8. The second kappa shape index (κ2) is 11.6. The molecule has 0 aliphatic carbocycles. The average molecular weight is 431 g/mol. The molecule has 3 rings (SSSR count). The molecule has 0 spiro atoms. The molecule has 28 heavy (non-hydrogen) atoms. The van der Waals surface area contributed by atoms with E-state index < -0.39 is 0 Å². The number of piperazine rings is 1. The first kappa shape index (κ1) is 24.7. The van der Waals surface area contributed by atoms with Crippen molar-refractivity contribution in [1.82, 2.24) is 15.1 Å². The van der Waals surface area contributed by atoms with Gasteiger partial charge in [-0.25, -0.2) is 0 Å². The normalized spacial score (nSPS) is 19.5. The first-order chi connectivity index (χ1) is 12.5. The minimum atomic E-state index is 0. The zero-order valence-electron chi connectivity index (χ0n) is 16.7. The van der Waals surface area contributed by atoms with E-state index in [9.17, 15) is 9.59 Å². The van der Waals surface area contributed by atoms with Gasteiger partial charge in [-0.05, 0) is 50.4 Å². The van der Waals surface area contributed by atoms with Crippen molar-refractivity contribution >= 4 is 42.3 Å². The lowest BCUT2D eigenvalue weighted by molar-refractivity contribution is -0.133. The highest BCUT2D eigenvalue weighted by molar-refractivity contribution is 5.93. The van der Waals surface area contributed by atoms with Crippen molar-refractivity contribution in [3.63, 3.8) is 0 Å². The Bertz CT molecular complexity index is 658. The maximum absolute atomic E-state index is 12.4. The summed E-state index contributed by atoms with van der Waals surface area (Å²) in [5, 5.41) is 6.39. The number of nitrogens with zero attached hydrogens (tertiary/aromatic N) is 2. The molecule has 158 valence electrons. The van der Waals surface area contributed by atoms with Gasteiger partial charge in [-0.1, -0.05) is 12.1 Å². The Morgan fingerprint density at radius 3 is 2.50 bits per heavy atom. The predicted molar refractivity (Wildman–Crippen MR) is 118 cm³/mol. The van der Waals surface area contributed by atoms with Gasteiger partial charge in [0.1, 0.15) is 0 Å². The van der Waals surface area contributed by atoms with Crippen LogP contribution in [0.25, 0.3) is 0 Å². The van der Waals surface area contributed by atoms with Gasteiger partial charge in [-0.3, -0.25) is 14.5 Å². The zero-order chi connectivity index (χ0) is 18.5. The van der Waals surface area contributed by atoms with Crippen molar-refractivity contribution in [2.75, 3.05) is 44.6 Å². The molecule has 2 N–H and O–H groups in total. The fraction of sp³-hybridized carbons (Fsp3) is 0.600. The summed E-state index contributed by atoms with van der Waals surface area (Å²) in [5.74, 6) is 0.248. The summed E-state index contributed by atoms with van der Waals surface area (Å²) in [6, 6.07) is 6.29. The molecule has 1 unspecified atom stereocenters. The van der Waals surface area contributed by atoms with E-state index >= 15 is 0 Å². The van der Waals surface area contributed by atoms with Crippen molar-refractivity contribution in [2.45, 2.75) is 39.2 Å². The van der Waals surface area contributed by atoms with Gasteiger partial charge in [0, 0.05) is 44.3 Å². The van der Waals surface area contributed by atoms with Gasteiger partial charge in [0.2, 0.25) is 11.8 Å². The number of hydrogen-bond donors (Lipinski definition) is 2.